The van der Waals surface area contributed by atoms with Gasteiger partial charge >= 0.3 is 0 Å². The van der Waals surface area contributed by atoms with Crippen LogP contribution in [0.15, 0.2) is 0 Å². The molecule has 1 spiro atoms. The van der Waals surface area contributed by atoms with Crippen molar-refractivity contribution in [3.63, 3.8) is 0 Å². The average Bonchev–Trinajstić information content (AvgIpc) is 2.27. The van der Waals surface area contributed by atoms with E-state index in [-0.39, 0.29) is 0 Å². The predicted molar refractivity (Wildman–Crippen MR) is 64.6 cm³/mol. The Morgan fingerprint density at radius 3 is 2.94 bits per heavy atom. The summed E-state index contributed by atoms with van der Waals surface area (Å²) in [4.78, 5) is 0. The van der Waals surface area contributed by atoms with Gasteiger partial charge in [-0.2, -0.15) is 0 Å². The quantitative estimate of drug-likeness (QED) is 0.704. The smallest absolute Gasteiger partial charge is 0.0685 e. The van der Waals surface area contributed by atoms with Gasteiger partial charge in [0.05, 0.1) is 12.2 Å². The molecule has 2 fully saturated rings. The zero-order valence-electron chi connectivity index (χ0n) is 10.5. The van der Waals surface area contributed by atoms with Gasteiger partial charge in [-0.15, -0.1) is 0 Å². The topological polar surface area (TPSA) is 30.5 Å². The molecule has 0 aromatic carbocycles. The predicted octanol–water partition coefficient (Wildman–Crippen LogP) is 1.96. The maximum absolute atomic E-state index is 5.94. The monoisotopic (exact) mass is 227 g/mol. The molecule has 1 heterocycles. The summed E-state index contributed by atoms with van der Waals surface area (Å²) >= 11 is 0. The van der Waals surface area contributed by atoms with E-state index in [0.29, 0.717) is 5.60 Å². The van der Waals surface area contributed by atoms with Crippen LogP contribution in [0, 0.1) is 5.92 Å². The molecule has 2 rings (SSSR count). The van der Waals surface area contributed by atoms with E-state index in [0.717, 1.165) is 32.2 Å². The normalized spacial score (nSPS) is 27.9. The molecule has 1 saturated carbocycles. The Morgan fingerprint density at radius 1 is 1.38 bits per heavy atom. The van der Waals surface area contributed by atoms with E-state index in [1.165, 1.54) is 38.5 Å². The molecule has 2 aliphatic rings. The molecular weight excluding hydrogens is 202 g/mol. The van der Waals surface area contributed by atoms with Crippen LogP contribution in [0.5, 0.6) is 0 Å². The highest BCUT2D eigenvalue weighted by atomic mass is 16.5. The maximum atomic E-state index is 5.94. The number of nitrogens with one attached hydrogen (secondary N) is 1. The fraction of sp³-hybridized carbons (Fsp3) is 1.00. The van der Waals surface area contributed by atoms with E-state index in [2.05, 4.69) is 5.32 Å². The first-order chi connectivity index (χ1) is 7.85. The molecule has 1 N–H and O–H groups in total. The lowest BCUT2D eigenvalue weighted by molar-refractivity contribution is -0.143. The lowest BCUT2D eigenvalue weighted by atomic mass is 9.71. The third-order valence-electron chi connectivity index (χ3n) is 4.07. The largest absolute Gasteiger partial charge is 0.383 e. The summed E-state index contributed by atoms with van der Waals surface area (Å²) in [7, 11) is 1.75. The molecule has 3 heteroatoms. The molecule has 0 radical (unpaired) electrons. The second kappa shape index (κ2) is 5.99. The van der Waals surface area contributed by atoms with Crippen molar-refractivity contribution in [2.45, 2.75) is 44.1 Å². The van der Waals surface area contributed by atoms with Gasteiger partial charge in [0.25, 0.3) is 0 Å². The Hall–Kier alpha value is -0.120. The molecule has 0 aromatic rings. The Morgan fingerprint density at radius 2 is 2.25 bits per heavy atom. The fourth-order valence-electron chi connectivity index (χ4n) is 2.90. The van der Waals surface area contributed by atoms with Gasteiger partial charge in [0.15, 0.2) is 0 Å². The van der Waals surface area contributed by atoms with Crippen molar-refractivity contribution in [2.75, 3.05) is 33.4 Å². The van der Waals surface area contributed by atoms with Gasteiger partial charge in [0.1, 0.15) is 0 Å². The van der Waals surface area contributed by atoms with Crippen LogP contribution in [0.3, 0.4) is 0 Å². The lowest BCUT2D eigenvalue weighted by Gasteiger charge is -2.47. The summed E-state index contributed by atoms with van der Waals surface area (Å²) in [5.41, 5.74) is 0.315. The van der Waals surface area contributed by atoms with Crippen molar-refractivity contribution < 1.29 is 9.47 Å². The number of methoxy groups -OCH3 is 1. The molecule has 0 amide bonds. The minimum absolute atomic E-state index is 0.315. The van der Waals surface area contributed by atoms with E-state index in [1.807, 2.05) is 0 Å². The van der Waals surface area contributed by atoms with Crippen LogP contribution < -0.4 is 5.32 Å². The highest BCUT2D eigenvalue weighted by Gasteiger charge is 2.42. The molecule has 94 valence electrons. The fourth-order valence-corrected chi connectivity index (χ4v) is 2.90. The summed E-state index contributed by atoms with van der Waals surface area (Å²) in [5, 5.41) is 3.43. The maximum Gasteiger partial charge on any atom is 0.0685 e. The molecule has 1 unspecified atom stereocenters. The summed E-state index contributed by atoms with van der Waals surface area (Å²) in [6.45, 7) is 3.91. The number of hydrogen-bond donors (Lipinski definition) is 1. The van der Waals surface area contributed by atoms with Crippen LogP contribution in [-0.2, 0) is 9.47 Å². The van der Waals surface area contributed by atoms with Crippen molar-refractivity contribution in [1.82, 2.24) is 5.32 Å². The van der Waals surface area contributed by atoms with Crippen LogP contribution in [0.2, 0.25) is 0 Å². The lowest BCUT2D eigenvalue weighted by Crippen LogP contribution is -2.45. The molecule has 1 saturated heterocycles. The Kier molecular flexibility index (Phi) is 4.62. The first-order valence-electron chi connectivity index (χ1n) is 6.68. The second-order valence-corrected chi connectivity index (χ2v) is 5.28. The van der Waals surface area contributed by atoms with Gasteiger partial charge in [-0.3, -0.25) is 0 Å². The molecule has 0 aromatic heterocycles. The second-order valence-electron chi connectivity index (χ2n) is 5.28. The minimum atomic E-state index is 0.315. The van der Waals surface area contributed by atoms with Crippen LogP contribution in [0.1, 0.15) is 38.5 Å². The van der Waals surface area contributed by atoms with E-state index in [1.54, 1.807) is 7.11 Å². The third kappa shape index (κ3) is 3.19. The molecule has 0 bridgehead atoms. The van der Waals surface area contributed by atoms with Crippen LogP contribution in [0.25, 0.3) is 0 Å². The van der Waals surface area contributed by atoms with Gasteiger partial charge in [0, 0.05) is 20.3 Å². The van der Waals surface area contributed by atoms with Crippen LogP contribution >= 0.6 is 0 Å². The molecule has 1 atom stereocenters. The molecule has 16 heavy (non-hydrogen) atoms. The van der Waals surface area contributed by atoms with Crippen molar-refractivity contribution in [3.05, 3.63) is 0 Å². The van der Waals surface area contributed by atoms with Crippen molar-refractivity contribution in [2.24, 2.45) is 5.92 Å². The standard InChI is InChI=1S/C13H25NO2/c1-15-10-8-14-7-3-12-4-9-16-13(11-12)5-2-6-13/h12,14H,2-11H2,1H3. The van der Waals surface area contributed by atoms with Crippen LogP contribution in [-0.4, -0.2) is 39.0 Å². The summed E-state index contributed by atoms with van der Waals surface area (Å²) in [5.74, 6) is 0.879. The van der Waals surface area contributed by atoms with Gasteiger partial charge in [-0.05, 0) is 51.0 Å². The molecule has 1 aliphatic heterocycles. The minimum Gasteiger partial charge on any atom is -0.383 e. The van der Waals surface area contributed by atoms with E-state index >= 15 is 0 Å². The van der Waals surface area contributed by atoms with E-state index in [4.69, 9.17) is 9.47 Å². The highest BCUT2D eigenvalue weighted by molar-refractivity contribution is 4.93. The third-order valence-corrected chi connectivity index (χ3v) is 4.07. The Labute approximate surface area is 98.9 Å². The van der Waals surface area contributed by atoms with Gasteiger partial charge in [0.2, 0.25) is 0 Å². The zero-order valence-corrected chi connectivity index (χ0v) is 10.5. The van der Waals surface area contributed by atoms with Crippen LogP contribution in [0.4, 0.5) is 0 Å². The molecular formula is C13H25NO2. The zero-order chi connectivity index (χ0) is 11.3. The summed E-state index contributed by atoms with van der Waals surface area (Å²) < 4.78 is 10.9. The Balaban J connectivity index is 1.58. The number of rotatable bonds is 6. The number of ether oxygens (including phenoxy) is 2. The SMILES string of the molecule is COCCNCCC1CCOC2(CCC2)C1. The molecule has 3 nitrogen and oxygen atoms in total. The van der Waals surface area contributed by atoms with Gasteiger partial charge < -0.3 is 14.8 Å². The first kappa shape index (κ1) is 12.3. The summed E-state index contributed by atoms with van der Waals surface area (Å²) in [6.07, 6.45) is 7.85. The van der Waals surface area contributed by atoms with E-state index in [9.17, 15) is 0 Å². The average molecular weight is 227 g/mol. The van der Waals surface area contributed by atoms with Gasteiger partial charge in [-0.1, -0.05) is 0 Å². The van der Waals surface area contributed by atoms with E-state index < -0.39 is 0 Å². The highest BCUT2D eigenvalue weighted by Crippen LogP contribution is 2.44. The summed E-state index contributed by atoms with van der Waals surface area (Å²) in [6, 6.07) is 0. The van der Waals surface area contributed by atoms with Gasteiger partial charge in [-0.25, -0.2) is 0 Å². The Bertz CT molecular complexity index is 204. The van der Waals surface area contributed by atoms with Crippen molar-refractivity contribution in [3.8, 4) is 0 Å². The van der Waals surface area contributed by atoms with Crippen molar-refractivity contribution >= 4 is 0 Å². The first-order valence-corrected chi connectivity index (χ1v) is 6.68. The van der Waals surface area contributed by atoms with Crippen molar-refractivity contribution in [1.29, 1.82) is 0 Å². The molecule has 1 aliphatic carbocycles. The number of hydrogen-bond acceptors (Lipinski definition) is 3.